The van der Waals surface area contributed by atoms with Crippen molar-refractivity contribution in [2.24, 2.45) is 0 Å². The molecule has 0 aliphatic rings. The number of aryl methyl sites for hydroxylation is 1. The molecule has 140 valence electrons. The lowest BCUT2D eigenvalue weighted by Gasteiger charge is -2.08. The predicted molar refractivity (Wildman–Crippen MR) is 113 cm³/mol. The Kier molecular flexibility index (Phi) is 4.81. The van der Waals surface area contributed by atoms with Crippen LogP contribution in [0.5, 0.6) is 0 Å². The Balaban J connectivity index is 1.51. The third-order valence-corrected chi connectivity index (χ3v) is 4.82. The average Bonchev–Trinajstić information content (AvgIpc) is 3.05. The number of carbonyl (C=O) groups is 2. The van der Waals surface area contributed by atoms with Gasteiger partial charge >= 0.3 is 0 Å². The summed E-state index contributed by atoms with van der Waals surface area (Å²) in [4.78, 5) is 24.3. The molecule has 1 aromatic heterocycles. The first kappa shape index (κ1) is 17.8. The number of nitrogens with one attached hydrogen (secondary N) is 2. The van der Waals surface area contributed by atoms with Gasteiger partial charge in [0.05, 0.1) is 6.54 Å². The van der Waals surface area contributed by atoms with Crippen LogP contribution in [0.25, 0.3) is 21.8 Å². The molecule has 0 aliphatic carbocycles. The molecule has 4 rings (SSSR count). The summed E-state index contributed by atoms with van der Waals surface area (Å²) in [5.41, 5.74) is 3.56. The highest BCUT2D eigenvalue weighted by Gasteiger charge is 2.11. The highest BCUT2D eigenvalue weighted by Crippen LogP contribution is 2.30. The van der Waals surface area contributed by atoms with Gasteiger partial charge in [0.15, 0.2) is 0 Å². The van der Waals surface area contributed by atoms with Crippen molar-refractivity contribution in [3.05, 3.63) is 78.4 Å². The smallest absolute Gasteiger partial charge is 0.251 e. The van der Waals surface area contributed by atoms with Crippen LogP contribution in [-0.4, -0.2) is 22.9 Å². The first-order chi connectivity index (χ1) is 13.7. The zero-order chi connectivity index (χ0) is 19.5. The van der Waals surface area contributed by atoms with E-state index in [0.717, 1.165) is 22.8 Å². The zero-order valence-corrected chi connectivity index (χ0v) is 15.6. The van der Waals surface area contributed by atoms with Crippen molar-refractivity contribution in [2.45, 2.75) is 13.5 Å². The summed E-state index contributed by atoms with van der Waals surface area (Å²) in [5.74, 6) is -0.528. The number of rotatable bonds is 5. The number of nitrogens with zero attached hydrogens (tertiary/aromatic N) is 1. The lowest BCUT2D eigenvalue weighted by atomic mass is 10.1. The summed E-state index contributed by atoms with van der Waals surface area (Å²) in [6.45, 7) is 2.92. The van der Waals surface area contributed by atoms with Gasteiger partial charge in [0.1, 0.15) is 0 Å². The van der Waals surface area contributed by atoms with E-state index in [0.29, 0.717) is 11.3 Å². The quantitative estimate of drug-likeness (QED) is 0.553. The van der Waals surface area contributed by atoms with Gasteiger partial charge in [0.25, 0.3) is 5.91 Å². The van der Waals surface area contributed by atoms with Crippen LogP contribution in [0.2, 0.25) is 0 Å². The van der Waals surface area contributed by atoms with E-state index in [1.165, 1.54) is 5.52 Å². The fourth-order valence-corrected chi connectivity index (χ4v) is 3.53. The lowest BCUT2D eigenvalue weighted by molar-refractivity contribution is -0.115. The molecule has 0 unspecified atom stereocenters. The van der Waals surface area contributed by atoms with E-state index in [1.807, 2.05) is 36.4 Å². The van der Waals surface area contributed by atoms with Crippen molar-refractivity contribution in [3.63, 3.8) is 0 Å². The number of aromatic nitrogens is 1. The minimum Gasteiger partial charge on any atom is -0.343 e. The summed E-state index contributed by atoms with van der Waals surface area (Å²) in [5, 5.41) is 7.77. The minimum atomic E-state index is -0.266. The maximum Gasteiger partial charge on any atom is 0.251 e. The monoisotopic (exact) mass is 371 g/mol. The molecule has 3 aromatic carbocycles. The summed E-state index contributed by atoms with van der Waals surface area (Å²) in [6, 6.07) is 23.0. The summed E-state index contributed by atoms with van der Waals surface area (Å²) < 4.78 is 2.26. The number of fused-ring (bicyclic) bond motifs is 3. The molecule has 2 amide bonds. The van der Waals surface area contributed by atoms with Crippen LogP contribution in [0.1, 0.15) is 17.3 Å². The molecule has 0 saturated heterocycles. The van der Waals surface area contributed by atoms with E-state index >= 15 is 0 Å². The van der Waals surface area contributed by atoms with Crippen LogP contribution < -0.4 is 10.6 Å². The van der Waals surface area contributed by atoms with Crippen molar-refractivity contribution in [2.75, 3.05) is 11.9 Å². The van der Waals surface area contributed by atoms with Crippen LogP contribution >= 0.6 is 0 Å². The van der Waals surface area contributed by atoms with Crippen molar-refractivity contribution >= 4 is 39.3 Å². The first-order valence-electron chi connectivity index (χ1n) is 9.31. The Hall–Kier alpha value is -3.60. The Morgan fingerprint density at radius 1 is 0.857 bits per heavy atom. The normalized spacial score (nSPS) is 10.9. The topological polar surface area (TPSA) is 63.1 Å². The van der Waals surface area contributed by atoms with Crippen LogP contribution in [0.4, 0.5) is 5.69 Å². The Morgan fingerprint density at radius 2 is 1.57 bits per heavy atom. The van der Waals surface area contributed by atoms with E-state index in [2.05, 4.69) is 34.3 Å². The Labute approximate surface area is 163 Å². The van der Waals surface area contributed by atoms with Gasteiger partial charge in [-0.3, -0.25) is 9.59 Å². The highest BCUT2D eigenvalue weighted by molar-refractivity contribution is 6.10. The second-order valence-electron chi connectivity index (χ2n) is 6.59. The number of benzene rings is 3. The standard InChI is InChI=1S/C23H21N3O2/c1-2-26-20-11-7-6-10-18(20)19-14-17(12-13-21(19)26)25-22(27)15-24-23(28)16-8-4-3-5-9-16/h3-14H,2,15H2,1H3,(H,24,28)(H,25,27). The van der Waals surface area contributed by atoms with Crippen molar-refractivity contribution in [1.82, 2.24) is 9.88 Å². The number of hydrogen-bond acceptors (Lipinski definition) is 2. The lowest BCUT2D eigenvalue weighted by Crippen LogP contribution is -2.32. The second-order valence-corrected chi connectivity index (χ2v) is 6.59. The number of carbonyl (C=O) groups excluding carboxylic acids is 2. The maximum absolute atomic E-state index is 12.3. The summed E-state index contributed by atoms with van der Waals surface area (Å²) in [6.07, 6.45) is 0. The minimum absolute atomic E-state index is 0.0809. The van der Waals surface area contributed by atoms with Crippen LogP contribution in [0.15, 0.2) is 72.8 Å². The molecule has 0 fully saturated rings. The van der Waals surface area contributed by atoms with Gasteiger partial charge in [-0.1, -0.05) is 36.4 Å². The van der Waals surface area contributed by atoms with Crippen LogP contribution in [0.3, 0.4) is 0 Å². The first-order valence-corrected chi connectivity index (χ1v) is 9.31. The van der Waals surface area contributed by atoms with Gasteiger partial charge in [0, 0.05) is 39.6 Å². The number of para-hydroxylation sites is 1. The van der Waals surface area contributed by atoms with E-state index < -0.39 is 0 Å². The third kappa shape index (κ3) is 3.34. The van der Waals surface area contributed by atoms with Gasteiger partial charge in [-0.2, -0.15) is 0 Å². The number of hydrogen-bond donors (Lipinski definition) is 2. The molecule has 0 saturated carbocycles. The van der Waals surface area contributed by atoms with Crippen LogP contribution in [-0.2, 0) is 11.3 Å². The second kappa shape index (κ2) is 7.56. The molecule has 0 atom stereocenters. The van der Waals surface area contributed by atoms with Crippen molar-refractivity contribution in [3.8, 4) is 0 Å². The van der Waals surface area contributed by atoms with Gasteiger partial charge in [-0.15, -0.1) is 0 Å². The molecule has 0 spiro atoms. The van der Waals surface area contributed by atoms with Gasteiger partial charge in [0.2, 0.25) is 5.91 Å². The predicted octanol–water partition coefficient (Wildman–Crippen LogP) is 4.18. The maximum atomic E-state index is 12.3. The van der Waals surface area contributed by atoms with E-state index in [1.54, 1.807) is 24.3 Å². The number of amides is 2. The fourth-order valence-electron chi connectivity index (χ4n) is 3.53. The largest absolute Gasteiger partial charge is 0.343 e. The van der Waals surface area contributed by atoms with Crippen molar-refractivity contribution in [1.29, 1.82) is 0 Å². The zero-order valence-electron chi connectivity index (χ0n) is 15.6. The molecule has 0 radical (unpaired) electrons. The molecule has 0 aliphatic heterocycles. The van der Waals surface area contributed by atoms with Crippen molar-refractivity contribution < 1.29 is 9.59 Å². The molecular formula is C23H21N3O2. The molecule has 5 nitrogen and oxygen atoms in total. The summed E-state index contributed by atoms with van der Waals surface area (Å²) in [7, 11) is 0. The molecule has 2 N–H and O–H groups in total. The van der Waals surface area contributed by atoms with E-state index in [9.17, 15) is 9.59 Å². The van der Waals surface area contributed by atoms with Crippen LogP contribution in [0, 0.1) is 0 Å². The summed E-state index contributed by atoms with van der Waals surface area (Å²) >= 11 is 0. The van der Waals surface area contributed by atoms with Gasteiger partial charge < -0.3 is 15.2 Å². The molecular weight excluding hydrogens is 350 g/mol. The van der Waals surface area contributed by atoms with Gasteiger partial charge in [-0.25, -0.2) is 0 Å². The highest BCUT2D eigenvalue weighted by atomic mass is 16.2. The fraction of sp³-hybridized carbons (Fsp3) is 0.130. The molecule has 5 heteroatoms. The Bertz CT molecular complexity index is 1160. The molecule has 1 heterocycles. The van der Waals surface area contributed by atoms with E-state index in [4.69, 9.17) is 0 Å². The van der Waals surface area contributed by atoms with Gasteiger partial charge in [-0.05, 0) is 43.3 Å². The van der Waals surface area contributed by atoms with E-state index in [-0.39, 0.29) is 18.4 Å². The molecule has 0 bridgehead atoms. The third-order valence-electron chi connectivity index (χ3n) is 4.82. The average molecular weight is 371 g/mol. The molecule has 28 heavy (non-hydrogen) atoms. The SMILES string of the molecule is CCn1c2ccccc2c2cc(NC(=O)CNC(=O)c3ccccc3)ccc21. The number of anilines is 1. The molecule has 4 aromatic rings. The Morgan fingerprint density at radius 3 is 2.36 bits per heavy atom.